The summed E-state index contributed by atoms with van der Waals surface area (Å²) in [5.74, 6) is -1.64. The third-order valence-corrected chi connectivity index (χ3v) is 5.02. The lowest BCUT2D eigenvalue weighted by Crippen LogP contribution is -2.11. The normalized spacial score (nSPS) is 10.5. The molecule has 0 radical (unpaired) electrons. The minimum atomic E-state index is -1.30. The summed E-state index contributed by atoms with van der Waals surface area (Å²) in [6.45, 7) is 3.81. The van der Waals surface area contributed by atoms with Crippen LogP contribution in [0.5, 0.6) is 11.5 Å². The molecule has 0 fully saturated rings. The van der Waals surface area contributed by atoms with Crippen molar-refractivity contribution in [1.29, 1.82) is 0 Å². The fraction of sp³-hybridized carbons (Fsp3) is 0.200. The number of carbonyl (C=O) groups excluding carboxylic acids is 1. The highest BCUT2D eigenvalue weighted by molar-refractivity contribution is 6.01. The number of rotatable bonds is 8. The molecule has 0 saturated carbocycles. The van der Waals surface area contributed by atoms with Gasteiger partial charge in [0.1, 0.15) is 23.4 Å². The Morgan fingerprint density at radius 1 is 1.09 bits per heavy atom. The number of ketones is 1. The fourth-order valence-corrected chi connectivity index (χ4v) is 3.40. The molecule has 0 aliphatic heterocycles. The van der Waals surface area contributed by atoms with Gasteiger partial charge >= 0.3 is 5.97 Å². The molecule has 0 spiro atoms. The molecule has 1 aromatic heterocycles. The van der Waals surface area contributed by atoms with E-state index in [9.17, 15) is 19.8 Å². The number of benzene rings is 2. The SMILES string of the molecule is COc1cc(CC(=O)c2cccc(-c3cncnc3)c2)c(C(=O)O)c(O)c1CC=C(C)C. The van der Waals surface area contributed by atoms with Crippen molar-refractivity contribution >= 4 is 11.8 Å². The number of aromatic nitrogens is 2. The number of hydrogen-bond acceptors (Lipinski definition) is 6. The van der Waals surface area contributed by atoms with E-state index in [4.69, 9.17) is 4.74 Å². The molecule has 164 valence electrons. The number of hydrogen-bond donors (Lipinski definition) is 2. The average molecular weight is 432 g/mol. The molecular weight excluding hydrogens is 408 g/mol. The van der Waals surface area contributed by atoms with E-state index in [0.29, 0.717) is 23.3 Å². The van der Waals surface area contributed by atoms with Crippen LogP contribution >= 0.6 is 0 Å². The van der Waals surface area contributed by atoms with Crippen molar-refractivity contribution in [2.75, 3.05) is 7.11 Å². The van der Waals surface area contributed by atoms with Crippen LogP contribution in [0.4, 0.5) is 0 Å². The van der Waals surface area contributed by atoms with Gasteiger partial charge in [-0.25, -0.2) is 14.8 Å². The lowest BCUT2D eigenvalue weighted by atomic mass is 9.93. The molecule has 3 aromatic rings. The number of ether oxygens (including phenoxy) is 1. The Kier molecular flexibility index (Phi) is 7.00. The molecule has 7 nitrogen and oxygen atoms in total. The maximum absolute atomic E-state index is 13.0. The van der Waals surface area contributed by atoms with Crippen molar-refractivity contribution < 1.29 is 24.5 Å². The first-order valence-electron chi connectivity index (χ1n) is 9.98. The second kappa shape index (κ2) is 9.87. The molecule has 3 rings (SSSR count). The number of Topliss-reactive ketones (excluding diaryl/α,β-unsaturated/α-hetero) is 1. The highest BCUT2D eigenvalue weighted by atomic mass is 16.5. The Hall–Kier alpha value is -4.00. The number of nitrogens with zero attached hydrogens (tertiary/aromatic N) is 2. The van der Waals surface area contributed by atoms with Crippen molar-refractivity contribution in [2.24, 2.45) is 0 Å². The zero-order valence-electron chi connectivity index (χ0n) is 18.1. The van der Waals surface area contributed by atoms with Crippen LogP contribution in [0.15, 0.2) is 60.7 Å². The summed E-state index contributed by atoms with van der Waals surface area (Å²) in [5, 5.41) is 20.5. The second-order valence-electron chi connectivity index (χ2n) is 7.54. The average Bonchev–Trinajstić information content (AvgIpc) is 2.78. The number of carbonyl (C=O) groups is 2. The van der Waals surface area contributed by atoms with Gasteiger partial charge in [0.05, 0.1) is 7.11 Å². The topological polar surface area (TPSA) is 110 Å². The van der Waals surface area contributed by atoms with Crippen LogP contribution in [0.2, 0.25) is 0 Å². The monoisotopic (exact) mass is 432 g/mol. The molecule has 2 N–H and O–H groups in total. The van der Waals surface area contributed by atoms with Crippen molar-refractivity contribution in [3.63, 3.8) is 0 Å². The summed E-state index contributed by atoms with van der Waals surface area (Å²) in [6, 6.07) is 8.47. The summed E-state index contributed by atoms with van der Waals surface area (Å²) in [6.07, 6.45) is 6.69. The van der Waals surface area contributed by atoms with E-state index in [0.717, 1.165) is 16.7 Å². The molecular formula is C25H24N2O5. The van der Waals surface area contributed by atoms with Crippen molar-refractivity contribution in [1.82, 2.24) is 9.97 Å². The Balaban J connectivity index is 1.99. The van der Waals surface area contributed by atoms with Crippen LogP contribution < -0.4 is 4.74 Å². The van der Waals surface area contributed by atoms with Gasteiger partial charge in [-0.2, -0.15) is 0 Å². The van der Waals surface area contributed by atoms with Crippen LogP contribution in [0, 0.1) is 0 Å². The number of carboxylic acids is 1. The van der Waals surface area contributed by atoms with Gasteiger partial charge in [0.15, 0.2) is 5.78 Å². The molecule has 0 unspecified atom stereocenters. The van der Waals surface area contributed by atoms with Gasteiger partial charge in [0.2, 0.25) is 0 Å². The van der Waals surface area contributed by atoms with Crippen LogP contribution in [-0.4, -0.2) is 39.0 Å². The van der Waals surface area contributed by atoms with Gasteiger partial charge < -0.3 is 14.9 Å². The third-order valence-electron chi connectivity index (χ3n) is 5.02. The minimum Gasteiger partial charge on any atom is -0.507 e. The first-order chi connectivity index (χ1) is 15.3. The van der Waals surface area contributed by atoms with Crippen molar-refractivity contribution in [2.45, 2.75) is 26.7 Å². The number of aromatic carboxylic acids is 1. The third kappa shape index (κ3) is 5.00. The number of phenols is 1. The standard InChI is InChI=1S/C25H24N2O5/c1-15(2)7-8-20-22(32-3)11-18(23(24(20)29)25(30)31)10-21(28)17-6-4-5-16(9-17)19-12-26-14-27-13-19/h4-7,9,11-14,29H,8,10H2,1-3H3,(H,30,31). The quantitative estimate of drug-likeness (QED) is 0.399. The van der Waals surface area contributed by atoms with E-state index in [1.807, 2.05) is 26.0 Å². The summed E-state index contributed by atoms with van der Waals surface area (Å²) in [5.41, 5.74) is 3.23. The Bertz CT molecular complexity index is 1180. The van der Waals surface area contributed by atoms with Gasteiger partial charge in [-0.3, -0.25) is 4.79 Å². The number of carboxylic acid groups (broad SMARTS) is 1. The number of methoxy groups -OCH3 is 1. The van der Waals surface area contributed by atoms with Gasteiger partial charge in [0.25, 0.3) is 0 Å². The Morgan fingerprint density at radius 2 is 1.81 bits per heavy atom. The van der Waals surface area contributed by atoms with Gasteiger partial charge in [0, 0.05) is 35.5 Å². The molecule has 32 heavy (non-hydrogen) atoms. The van der Waals surface area contributed by atoms with Gasteiger partial charge in [-0.05, 0) is 43.5 Å². The van der Waals surface area contributed by atoms with Crippen LogP contribution in [0.3, 0.4) is 0 Å². The summed E-state index contributed by atoms with van der Waals surface area (Å²) < 4.78 is 5.39. The maximum atomic E-state index is 13.0. The van der Waals surface area contributed by atoms with E-state index in [-0.39, 0.29) is 29.1 Å². The molecule has 0 saturated heterocycles. The Labute approximate surface area is 186 Å². The molecule has 0 atom stereocenters. The van der Waals surface area contributed by atoms with E-state index in [1.165, 1.54) is 19.5 Å². The molecule has 0 bridgehead atoms. The van der Waals surface area contributed by atoms with Crippen LogP contribution in [0.25, 0.3) is 11.1 Å². The molecule has 0 aliphatic carbocycles. The lowest BCUT2D eigenvalue weighted by molar-refractivity contribution is 0.0692. The van der Waals surface area contributed by atoms with Crippen LogP contribution in [-0.2, 0) is 12.8 Å². The second-order valence-corrected chi connectivity index (χ2v) is 7.54. The van der Waals surface area contributed by atoms with E-state index < -0.39 is 5.97 Å². The molecule has 7 heteroatoms. The van der Waals surface area contributed by atoms with Crippen LogP contribution in [0.1, 0.15) is 45.7 Å². The zero-order valence-corrected chi connectivity index (χ0v) is 18.1. The van der Waals surface area contributed by atoms with E-state index in [1.54, 1.807) is 30.6 Å². The number of allylic oxidation sites excluding steroid dienone is 2. The van der Waals surface area contributed by atoms with E-state index in [2.05, 4.69) is 9.97 Å². The summed E-state index contributed by atoms with van der Waals surface area (Å²) in [4.78, 5) is 33.0. The van der Waals surface area contributed by atoms with Gasteiger partial charge in [-0.15, -0.1) is 0 Å². The summed E-state index contributed by atoms with van der Waals surface area (Å²) >= 11 is 0. The molecule has 0 aliphatic rings. The van der Waals surface area contributed by atoms with E-state index >= 15 is 0 Å². The maximum Gasteiger partial charge on any atom is 0.339 e. The minimum absolute atomic E-state index is 0.186. The van der Waals surface area contributed by atoms with Crippen molar-refractivity contribution in [3.8, 4) is 22.6 Å². The first kappa shape index (κ1) is 22.7. The number of aromatic hydroxyl groups is 1. The first-order valence-corrected chi connectivity index (χ1v) is 9.98. The predicted octanol–water partition coefficient (Wildman–Crippen LogP) is 4.49. The smallest absolute Gasteiger partial charge is 0.339 e. The molecule has 0 amide bonds. The summed E-state index contributed by atoms with van der Waals surface area (Å²) in [7, 11) is 1.44. The van der Waals surface area contributed by atoms with Gasteiger partial charge in [-0.1, -0.05) is 29.8 Å². The predicted molar refractivity (Wildman–Crippen MR) is 120 cm³/mol. The van der Waals surface area contributed by atoms with Crippen molar-refractivity contribution in [3.05, 3.63) is 83.0 Å². The highest BCUT2D eigenvalue weighted by Crippen LogP contribution is 2.36. The fourth-order valence-electron chi connectivity index (χ4n) is 3.40. The zero-order chi connectivity index (χ0) is 23.3. The molecule has 1 heterocycles. The lowest BCUT2D eigenvalue weighted by Gasteiger charge is -2.16. The highest BCUT2D eigenvalue weighted by Gasteiger charge is 2.24. The Morgan fingerprint density at radius 3 is 2.44 bits per heavy atom. The largest absolute Gasteiger partial charge is 0.507 e. The molecule has 2 aromatic carbocycles.